The third-order valence-electron chi connectivity index (χ3n) is 6.21. The van der Waals surface area contributed by atoms with E-state index >= 15 is 0 Å². The highest BCUT2D eigenvalue weighted by Gasteiger charge is 2.44. The van der Waals surface area contributed by atoms with Crippen molar-refractivity contribution in [2.45, 2.75) is 34.1 Å². The zero-order valence-corrected chi connectivity index (χ0v) is 19.7. The van der Waals surface area contributed by atoms with E-state index in [0.717, 1.165) is 36.2 Å². The minimum atomic E-state index is -0.363. The summed E-state index contributed by atoms with van der Waals surface area (Å²) in [4.78, 5) is 30.7. The van der Waals surface area contributed by atoms with Crippen LogP contribution in [0.3, 0.4) is 0 Å². The molecule has 2 amide bonds. The molecule has 4 rings (SSSR count). The number of amides is 2. The van der Waals surface area contributed by atoms with E-state index in [-0.39, 0.29) is 16.8 Å². The van der Waals surface area contributed by atoms with Crippen LogP contribution < -0.4 is 4.90 Å². The van der Waals surface area contributed by atoms with Crippen molar-refractivity contribution in [2.24, 2.45) is 11.8 Å². The number of aryl methyl sites for hydroxylation is 2. The summed E-state index contributed by atoms with van der Waals surface area (Å²) >= 11 is 12.6. The normalized spacial score (nSPS) is 22.0. The Bertz CT molecular complexity index is 1100. The zero-order chi connectivity index (χ0) is 22.4. The van der Waals surface area contributed by atoms with Gasteiger partial charge < -0.3 is 4.90 Å². The maximum atomic E-state index is 13.7. The van der Waals surface area contributed by atoms with Gasteiger partial charge in [-0.3, -0.25) is 9.59 Å². The highest BCUT2D eigenvalue weighted by atomic mass is 35.5. The quantitative estimate of drug-likeness (QED) is 0.541. The van der Waals surface area contributed by atoms with Crippen LogP contribution in [0.1, 0.15) is 37.0 Å². The second-order valence-electron chi connectivity index (χ2n) is 8.89. The number of anilines is 1. The summed E-state index contributed by atoms with van der Waals surface area (Å²) in [6.45, 7) is 9.89. The number of imide groups is 1. The number of hydrogen-bond donors (Lipinski definition) is 0. The molecule has 0 radical (unpaired) electrons. The number of halogens is 2. The Kier molecular flexibility index (Phi) is 5.89. The Morgan fingerprint density at radius 2 is 1.58 bits per heavy atom. The topological polar surface area (TPSA) is 40.6 Å². The van der Waals surface area contributed by atoms with Gasteiger partial charge in [-0.25, -0.2) is 4.90 Å². The summed E-state index contributed by atoms with van der Waals surface area (Å²) < 4.78 is 0. The predicted octanol–water partition coefficient (Wildman–Crippen LogP) is 5.87. The first kappa shape index (κ1) is 21.9. The number of nitrogens with zero attached hydrogens (tertiary/aromatic N) is 2. The molecular weight excluding hydrogens is 431 g/mol. The van der Waals surface area contributed by atoms with Gasteiger partial charge in [0.15, 0.2) is 0 Å². The fourth-order valence-electron chi connectivity index (χ4n) is 4.70. The molecule has 2 atom stereocenters. The molecule has 1 saturated heterocycles. The van der Waals surface area contributed by atoms with Crippen LogP contribution in [0.15, 0.2) is 42.1 Å². The lowest BCUT2D eigenvalue weighted by Crippen LogP contribution is -2.42. The third kappa shape index (κ3) is 3.88. The van der Waals surface area contributed by atoms with Gasteiger partial charge in [-0.05, 0) is 60.9 Å². The first-order chi connectivity index (χ1) is 14.7. The van der Waals surface area contributed by atoms with Crippen molar-refractivity contribution >= 4 is 46.3 Å². The summed E-state index contributed by atoms with van der Waals surface area (Å²) in [5.41, 5.74) is 4.18. The van der Waals surface area contributed by atoms with E-state index in [2.05, 4.69) is 18.7 Å². The second-order valence-corrected chi connectivity index (χ2v) is 9.68. The van der Waals surface area contributed by atoms with Crippen LogP contribution in [0.4, 0.5) is 5.69 Å². The molecule has 6 heteroatoms. The summed E-state index contributed by atoms with van der Waals surface area (Å²) in [6, 6.07) is 10.9. The fourth-order valence-corrected chi connectivity index (χ4v) is 5.08. The Morgan fingerprint density at radius 1 is 0.903 bits per heavy atom. The maximum Gasteiger partial charge on any atom is 0.282 e. The predicted molar refractivity (Wildman–Crippen MR) is 126 cm³/mol. The van der Waals surface area contributed by atoms with Gasteiger partial charge in [0.1, 0.15) is 5.70 Å². The molecule has 0 bridgehead atoms. The van der Waals surface area contributed by atoms with Crippen LogP contribution in [0.25, 0.3) is 5.57 Å². The van der Waals surface area contributed by atoms with Crippen molar-refractivity contribution in [1.82, 2.24) is 4.90 Å². The second kappa shape index (κ2) is 8.33. The standard InChI is InChI=1S/C25H26Cl2N2O2/c1-14-10-15(2)13-28(12-14)23-21(18-9-8-16(3)17(4)11-18)24(30)29(25(23)31)20-7-5-6-19(26)22(20)27/h5-9,11,14-15H,10,12-13H2,1-4H3. The Morgan fingerprint density at radius 3 is 2.23 bits per heavy atom. The minimum absolute atomic E-state index is 0.201. The molecule has 2 aliphatic rings. The van der Waals surface area contributed by atoms with Crippen LogP contribution in [0.2, 0.25) is 10.0 Å². The number of likely N-dealkylation sites (tertiary alicyclic amines) is 1. The number of carbonyl (C=O) groups is 2. The smallest absolute Gasteiger partial charge is 0.282 e. The zero-order valence-electron chi connectivity index (χ0n) is 18.2. The molecule has 1 fully saturated rings. The molecule has 2 heterocycles. The van der Waals surface area contributed by atoms with Crippen LogP contribution in [-0.2, 0) is 9.59 Å². The largest absolute Gasteiger partial charge is 0.366 e. The summed E-state index contributed by atoms with van der Waals surface area (Å²) in [5, 5.41) is 0.507. The van der Waals surface area contributed by atoms with Crippen LogP contribution in [-0.4, -0.2) is 29.8 Å². The van der Waals surface area contributed by atoms with Gasteiger partial charge in [0.2, 0.25) is 0 Å². The monoisotopic (exact) mass is 456 g/mol. The molecule has 31 heavy (non-hydrogen) atoms. The Hall–Kier alpha value is -2.30. The molecule has 162 valence electrons. The summed E-state index contributed by atoms with van der Waals surface area (Å²) in [5.74, 6) is 0.162. The van der Waals surface area contributed by atoms with Gasteiger partial charge >= 0.3 is 0 Å². The van der Waals surface area contributed by atoms with E-state index in [1.54, 1.807) is 18.2 Å². The number of hydrogen-bond acceptors (Lipinski definition) is 3. The summed E-state index contributed by atoms with van der Waals surface area (Å²) in [7, 11) is 0. The van der Waals surface area contributed by atoms with Crippen molar-refractivity contribution in [3.63, 3.8) is 0 Å². The SMILES string of the molecule is Cc1ccc(C2=C(N3CC(C)CC(C)C3)C(=O)N(c3cccc(Cl)c3Cl)C2=O)cc1C. The minimum Gasteiger partial charge on any atom is -0.366 e. The molecule has 2 aliphatic heterocycles. The van der Waals surface area contributed by atoms with Crippen LogP contribution in [0.5, 0.6) is 0 Å². The van der Waals surface area contributed by atoms with Crippen molar-refractivity contribution in [1.29, 1.82) is 0 Å². The van der Waals surface area contributed by atoms with Gasteiger partial charge in [-0.1, -0.05) is 61.3 Å². The molecule has 0 aliphatic carbocycles. The van der Waals surface area contributed by atoms with E-state index < -0.39 is 0 Å². The number of benzene rings is 2. The highest BCUT2D eigenvalue weighted by molar-refractivity contribution is 6.49. The maximum absolute atomic E-state index is 13.7. The van der Waals surface area contributed by atoms with Crippen molar-refractivity contribution in [2.75, 3.05) is 18.0 Å². The average Bonchev–Trinajstić information content (AvgIpc) is 2.96. The van der Waals surface area contributed by atoms with Gasteiger partial charge in [-0.2, -0.15) is 0 Å². The average molecular weight is 457 g/mol. The highest BCUT2D eigenvalue weighted by Crippen LogP contribution is 2.41. The fraction of sp³-hybridized carbons (Fsp3) is 0.360. The molecule has 0 aromatic heterocycles. The molecule has 2 aromatic carbocycles. The Labute approximate surface area is 193 Å². The van der Waals surface area contributed by atoms with Crippen LogP contribution >= 0.6 is 23.2 Å². The number of rotatable bonds is 3. The lowest BCUT2D eigenvalue weighted by atomic mass is 9.90. The summed E-state index contributed by atoms with van der Waals surface area (Å²) in [6.07, 6.45) is 1.11. The first-order valence-corrected chi connectivity index (χ1v) is 11.3. The van der Waals surface area contributed by atoms with Gasteiger partial charge in [0, 0.05) is 13.1 Å². The van der Waals surface area contributed by atoms with Crippen molar-refractivity contribution in [3.05, 3.63) is 68.8 Å². The molecule has 0 N–H and O–H groups in total. The number of piperidine rings is 1. The molecule has 2 unspecified atom stereocenters. The van der Waals surface area contributed by atoms with E-state index in [0.29, 0.717) is 33.8 Å². The van der Waals surface area contributed by atoms with E-state index in [1.807, 2.05) is 32.0 Å². The van der Waals surface area contributed by atoms with Crippen molar-refractivity contribution < 1.29 is 9.59 Å². The molecule has 4 nitrogen and oxygen atoms in total. The molecule has 0 saturated carbocycles. The molecule has 2 aromatic rings. The molecular formula is C25H26Cl2N2O2. The number of carbonyl (C=O) groups excluding carboxylic acids is 2. The Balaban J connectivity index is 1.89. The molecule has 0 spiro atoms. The van der Waals surface area contributed by atoms with Crippen molar-refractivity contribution in [3.8, 4) is 0 Å². The first-order valence-electron chi connectivity index (χ1n) is 10.6. The van der Waals surface area contributed by atoms with Gasteiger partial charge in [0.05, 0.1) is 21.3 Å². The van der Waals surface area contributed by atoms with Gasteiger partial charge in [-0.15, -0.1) is 0 Å². The van der Waals surface area contributed by atoms with E-state index in [1.165, 1.54) is 4.90 Å². The lowest BCUT2D eigenvalue weighted by molar-refractivity contribution is -0.120. The lowest BCUT2D eigenvalue weighted by Gasteiger charge is -2.37. The third-order valence-corrected chi connectivity index (χ3v) is 7.02. The van der Waals surface area contributed by atoms with Crippen LogP contribution in [0, 0.1) is 25.7 Å². The van der Waals surface area contributed by atoms with E-state index in [4.69, 9.17) is 23.2 Å². The van der Waals surface area contributed by atoms with Gasteiger partial charge in [0.25, 0.3) is 11.8 Å². The van der Waals surface area contributed by atoms with E-state index in [9.17, 15) is 9.59 Å².